The van der Waals surface area contributed by atoms with Gasteiger partial charge in [-0.3, -0.25) is 0 Å². The van der Waals surface area contributed by atoms with Gasteiger partial charge in [-0.1, -0.05) is 25.5 Å². The van der Waals surface area contributed by atoms with E-state index in [1.54, 1.807) is 0 Å². The Morgan fingerprint density at radius 3 is 2.50 bits per heavy atom. The van der Waals surface area contributed by atoms with Crippen LogP contribution >= 0.6 is 0 Å². The Labute approximate surface area is 109 Å². The Bertz CT molecular complexity index is 497. The maximum Gasteiger partial charge on any atom is 0.207 e. The smallest absolute Gasteiger partial charge is 0.207 e. The zero-order chi connectivity index (χ0) is 13.0. The number of aromatic nitrogens is 2. The first-order chi connectivity index (χ1) is 8.69. The highest BCUT2D eigenvalue weighted by atomic mass is 15.2. The second kappa shape index (κ2) is 5.71. The Balaban J connectivity index is 2.04. The zero-order valence-corrected chi connectivity index (χ0v) is 11.4. The van der Waals surface area contributed by atoms with Gasteiger partial charge in [-0.15, -0.1) is 0 Å². The molecule has 0 bridgehead atoms. The number of hydrogen-bond donors (Lipinski definition) is 1. The fourth-order valence-electron chi connectivity index (χ4n) is 2.00. The number of nitrogens with one attached hydrogen (secondary N) is 1. The summed E-state index contributed by atoms with van der Waals surface area (Å²) in [5, 5.41) is 3.33. The van der Waals surface area contributed by atoms with Crippen molar-refractivity contribution in [3.05, 3.63) is 41.7 Å². The molecule has 0 saturated heterocycles. The van der Waals surface area contributed by atoms with Gasteiger partial charge in [0.15, 0.2) is 0 Å². The highest BCUT2D eigenvalue weighted by Crippen LogP contribution is 2.17. The Morgan fingerprint density at radius 2 is 1.94 bits per heavy atom. The first kappa shape index (κ1) is 12.7. The monoisotopic (exact) mass is 243 g/mol. The van der Waals surface area contributed by atoms with Crippen LogP contribution in [0.3, 0.4) is 0 Å². The minimum atomic E-state index is 0.883. The molecule has 0 radical (unpaired) electrons. The Morgan fingerprint density at radius 1 is 1.22 bits per heavy atom. The molecular weight excluding hydrogens is 222 g/mol. The maximum atomic E-state index is 4.43. The molecule has 0 aliphatic carbocycles. The van der Waals surface area contributed by atoms with E-state index in [9.17, 15) is 0 Å². The van der Waals surface area contributed by atoms with Crippen LogP contribution in [0.4, 0.5) is 11.6 Å². The molecule has 0 unspecified atom stereocenters. The van der Waals surface area contributed by atoms with Crippen molar-refractivity contribution in [2.24, 2.45) is 7.05 Å². The van der Waals surface area contributed by atoms with Crippen molar-refractivity contribution >= 4 is 11.6 Å². The summed E-state index contributed by atoms with van der Waals surface area (Å²) in [5.74, 6) is 0.883. The minimum Gasteiger partial charge on any atom is -0.326 e. The van der Waals surface area contributed by atoms with Gasteiger partial charge in [-0.05, 0) is 37.5 Å². The topological polar surface area (TPSA) is 29.9 Å². The van der Waals surface area contributed by atoms with Gasteiger partial charge < -0.3 is 9.88 Å². The van der Waals surface area contributed by atoms with Gasteiger partial charge in [0.1, 0.15) is 0 Å². The quantitative estimate of drug-likeness (QED) is 0.865. The van der Waals surface area contributed by atoms with Crippen molar-refractivity contribution in [3.8, 4) is 0 Å². The lowest BCUT2D eigenvalue weighted by Gasteiger charge is -2.07. The molecule has 1 aromatic heterocycles. The lowest BCUT2D eigenvalue weighted by Crippen LogP contribution is -1.98. The van der Waals surface area contributed by atoms with Crippen LogP contribution in [0.15, 0.2) is 30.5 Å². The SMILES string of the molecule is CCCCc1ccc(Nc2nc(C)cn2C)cc1. The molecule has 0 aliphatic heterocycles. The number of nitrogens with zero attached hydrogens (tertiary/aromatic N) is 2. The first-order valence-electron chi connectivity index (χ1n) is 6.55. The van der Waals surface area contributed by atoms with E-state index in [0.29, 0.717) is 0 Å². The van der Waals surface area contributed by atoms with Crippen LogP contribution in [-0.4, -0.2) is 9.55 Å². The molecule has 0 saturated carbocycles. The van der Waals surface area contributed by atoms with Crippen molar-refractivity contribution in [1.29, 1.82) is 0 Å². The van der Waals surface area contributed by atoms with Crippen molar-refractivity contribution in [3.63, 3.8) is 0 Å². The summed E-state index contributed by atoms with van der Waals surface area (Å²) in [5.41, 5.74) is 3.52. The van der Waals surface area contributed by atoms with Crippen molar-refractivity contribution in [2.75, 3.05) is 5.32 Å². The molecule has 1 heterocycles. The van der Waals surface area contributed by atoms with Crippen molar-refractivity contribution in [2.45, 2.75) is 33.1 Å². The molecule has 1 aromatic carbocycles. The molecule has 0 spiro atoms. The number of imidazole rings is 1. The minimum absolute atomic E-state index is 0.883. The molecule has 2 aromatic rings. The molecule has 96 valence electrons. The third-order valence-electron chi connectivity index (χ3n) is 3.03. The van der Waals surface area contributed by atoms with Crippen LogP contribution < -0.4 is 5.32 Å². The molecule has 0 aliphatic rings. The van der Waals surface area contributed by atoms with Crippen LogP contribution in [0.25, 0.3) is 0 Å². The van der Waals surface area contributed by atoms with Crippen molar-refractivity contribution in [1.82, 2.24) is 9.55 Å². The normalized spacial score (nSPS) is 10.6. The van der Waals surface area contributed by atoms with Gasteiger partial charge in [0.2, 0.25) is 5.95 Å². The summed E-state index contributed by atoms with van der Waals surface area (Å²) in [6.45, 7) is 4.22. The van der Waals surface area contributed by atoms with Gasteiger partial charge >= 0.3 is 0 Å². The fraction of sp³-hybridized carbons (Fsp3) is 0.400. The van der Waals surface area contributed by atoms with E-state index in [1.165, 1.54) is 18.4 Å². The van der Waals surface area contributed by atoms with Crippen LogP contribution in [0.2, 0.25) is 0 Å². The van der Waals surface area contributed by atoms with E-state index in [-0.39, 0.29) is 0 Å². The van der Waals surface area contributed by atoms with Gasteiger partial charge in [0.25, 0.3) is 0 Å². The highest BCUT2D eigenvalue weighted by Gasteiger charge is 2.02. The second-order valence-electron chi connectivity index (χ2n) is 4.74. The number of aryl methyl sites for hydroxylation is 3. The molecule has 0 amide bonds. The second-order valence-corrected chi connectivity index (χ2v) is 4.74. The van der Waals surface area contributed by atoms with Crippen LogP contribution in [0.1, 0.15) is 31.0 Å². The zero-order valence-electron chi connectivity index (χ0n) is 11.4. The van der Waals surface area contributed by atoms with Gasteiger partial charge in [0, 0.05) is 18.9 Å². The van der Waals surface area contributed by atoms with E-state index in [0.717, 1.165) is 23.8 Å². The molecule has 2 rings (SSSR count). The van der Waals surface area contributed by atoms with E-state index < -0.39 is 0 Å². The largest absolute Gasteiger partial charge is 0.326 e. The fourth-order valence-corrected chi connectivity index (χ4v) is 2.00. The third kappa shape index (κ3) is 3.13. The lowest BCUT2D eigenvalue weighted by atomic mass is 10.1. The standard InChI is InChI=1S/C15H21N3/c1-4-5-6-13-7-9-14(10-8-13)17-15-16-12(2)11-18(15)3/h7-11H,4-6H2,1-3H3,(H,16,17). The van der Waals surface area contributed by atoms with Gasteiger partial charge in [-0.25, -0.2) is 4.98 Å². The molecule has 0 atom stereocenters. The van der Waals surface area contributed by atoms with Crippen LogP contribution in [0.5, 0.6) is 0 Å². The van der Waals surface area contributed by atoms with E-state index >= 15 is 0 Å². The summed E-state index contributed by atoms with van der Waals surface area (Å²) in [6.07, 6.45) is 5.67. The molecule has 1 N–H and O–H groups in total. The van der Waals surface area contributed by atoms with Crippen LogP contribution in [0, 0.1) is 6.92 Å². The Hall–Kier alpha value is -1.77. The molecule has 3 nitrogen and oxygen atoms in total. The average Bonchev–Trinajstić information content (AvgIpc) is 2.67. The third-order valence-corrected chi connectivity index (χ3v) is 3.03. The van der Waals surface area contributed by atoms with Gasteiger partial charge in [0.05, 0.1) is 5.69 Å². The first-order valence-corrected chi connectivity index (χ1v) is 6.55. The predicted molar refractivity (Wildman–Crippen MR) is 76.3 cm³/mol. The van der Waals surface area contributed by atoms with Crippen molar-refractivity contribution < 1.29 is 0 Å². The van der Waals surface area contributed by atoms with Gasteiger partial charge in [-0.2, -0.15) is 0 Å². The highest BCUT2D eigenvalue weighted by molar-refractivity contribution is 5.54. The van der Waals surface area contributed by atoms with Crippen LogP contribution in [-0.2, 0) is 13.5 Å². The van der Waals surface area contributed by atoms with E-state index in [1.807, 2.05) is 24.7 Å². The summed E-state index contributed by atoms with van der Waals surface area (Å²) in [7, 11) is 2.00. The summed E-state index contributed by atoms with van der Waals surface area (Å²) >= 11 is 0. The maximum absolute atomic E-state index is 4.43. The number of rotatable bonds is 5. The lowest BCUT2D eigenvalue weighted by molar-refractivity contribution is 0.795. The number of hydrogen-bond acceptors (Lipinski definition) is 2. The Kier molecular flexibility index (Phi) is 4.03. The summed E-state index contributed by atoms with van der Waals surface area (Å²) < 4.78 is 2.00. The predicted octanol–water partition coefficient (Wildman–Crippen LogP) is 3.81. The summed E-state index contributed by atoms with van der Waals surface area (Å²) in [6, 6.07) is 8.62. The summed E-state index contributed by atoms with van der Waals surface area (Å²) in [4.78, 5) is 4.43. The molecular formula is C15H21N3. The number of anilines is 2. The number of benzene rings is 1. The molecule has 3 heteroatoms. The number of unbranched alkanes of at least 4 members (excludes halogenated alkanes) is 1. The molecule has 0 fully saturated rings. The van der Waals surface area contributed by atoms with E-state index in [4.69, 9.17) is 0 Å². The average molecular weight is 243 g/mol. The van der Waals surface area contributed by atoms with E-state index in [2.05, 4.69) is 41.5 Å². The molecule has 18 heavy (non-hydrogen) atoms.